The van der Waals surface area contributed by atoms with Gasteiger partial charge in [0.25, 0.3) is 0 Å². The summed E-state index contributed by atoms with van der Waals surface area (Å²) in [6.45, 7) is 5.68. The van der Waals surface area contributed by atoms with E-state index in [1.165, 1.54) is 11.1 Å². The third-order valence-electron chi connectivity index (χ3n) is 3.75. The number of rotatable bonds is 0. The summed E-state index contributed by atoms with van der Waals surface area (Å²) in [4.78, 5) is 13.5. The van der Waals surface area contributed by atoms with E-state index in [-0.39, 0.29) is 11.9 Å². The minimum atomic E-state index is 0.113. The Hall–Kier alpha value is -1.71. The molecular formula is C14H17NO3. The van der Waals surface area contributed by atoms with Crippen molar-refractivity contribution < 1.29 is 14.3 Å². The van der Waals surface area contributed by atoms with E-state index in [4.69, 9.17) is 9.47 Å². The van der Waals surface area contributed by atoms with E-state index in [0.717, 1.165) is 24.5 Å². The Kier molecular flexibility index (Phi) is 2.65. The van der Waals surface area contributed by atoms with Crippen LogP contribution in [0.2, 0.25) is 0 Å². The van der Waals surface area contributed by atoms with Crippen LogP contribution in [0.1, 0.15) is 31.0 Å². The molecular weight excluding hydrogens is 230 g/mol. The van der Waals surface area contributed by atoms with E-state index in [1.54, 1.807) is 6.92 Å². The standard InChI is InChI=1S/C14H17NO3/c1-9-12-8-14-13(17-5-6-18-14)7-11(12)3-4-15(9)10(2)16/h7-9H,3-6H2,1-2H3. The first-order valence-electron chi connectivity index (χ1n) is 6.36. The number of amides is 1. The van der Waals surface area contributed by atoms with Crippen LogP contribution in [-0.4, -0.2) is 30.6 Å². The molecule has 4 nitrogen and oxygen atoms in total. The topological polar surface area (TPSA) is 38.8 Å². The fourth-order valence-corrected chi connectivity index (χ4v) is 2.78. The van der Waals surface area contributed by atoms with Crippen molar-refractivity contribution in [2.75, 3.05) is 19.8 Å². The number of benzene rings is 1. The molecule has 1 atom stereocenters. The molecule has 1 aromatic rings. The monoisotopic (exact) mass is 247 g/mol. The first-order valence-corrected chi connectivity index (χ1v) is 6.36. The number of hydrogen-bond acceptors (Lipinski definition) is 3. The minimum absolute atomic E-state index is 0.113. The molecule has 96 valence electrons. The van der Waals surface area contributed by atoms with Crippen LogP contribution in [0.5, 0.6) is 11.5 Å². The lowest BCUT2D eigenvalue weighted by Gasteiger charge is -2.35. The fraction of sp³-hybridized carbons (Fsp3) is 0.500. The van der Waals surface area contributed by atoms with Gasteiger partial charge < -0.3 is 14.4 Å². The Bertz CT molecular complexity index is 498. The normalized spacial score (nSPS) is 21.4. The molecule has 0 saturated carbocycles. The zero-order chi connectivity index (χ0) is 12.7. The molecule has 1 amide bonds. The second-order valence-electron chi connectivity index (χ2n) is 4.83. The van der Waals surface area contributed by atoms with Crippen LogP contribution in [0.3, 0.4) is 0 Å². The van der Waals surface area contributed by atoms with Crippen molar-refractivity contribution in [3.63, 3.8) is 0 Å². The molecule has 2 aliphatic heterocycles. The van der Waals surface area contributed by atoms with Crippen molar-refractivity contribution >= 4 is 5.91 Å². The predicted octanol–water partition coefficient (Wildman–Crippen LogP) is 1.92. The lowest BCUT2D eigenvalue weighted by Crippen LogP contribution is -2.37. The van der Waals surface area contributed by atoms with Crippen LogP contribution in [0.4, 0.5) is 0 Å². The van der Waals surface area contributed by atoms with Crippen LogP contribution in [-0.2, 0) is 11.2 Å². The lowest BCUT2D eigenvalue weighted by molar-refractivity contribution is -0.131. The highest BCUT2D eigenvalue weighted by molar-refractivity contribution is 5.74. The van der Waals surface area contributed by atoms with E-state index in [0.29, 0.717) is 13.2 Å². The van der Waals surface area contributed by atoms with Crippen LogP contribution >= 0.6 is 0 Å². The van der Waals surface area contributed by atoms with Crippen LogP contribution in [0.15, 0.2) is 12.1 Å². The van der Waals surface area contributed by atoms with E-state index in [9.17, 15) is 4.79 Å². The number of carbonyl (C=O) groups is 1. The van der Waals surface area contributed by atoms with Crippen LogP contribution < -0.4 is 9.47 Å². The fourth-order valence-electron chi connectivity index (χ4n) is 2.78. The zero-order valence-corrected chi connectivity index (χ0v) is 10.7. The second kappa shape index (κ2) is 4.19. The van der Waals surface area contributed by atoms with Gasteiger partial charge in [-0.05, 0) is 36.6 Å². The first-order chi connectivity index (χ1) is 8.66. The quantitative estimate of drug-likeness (QED) is 0.703. The Balaban J connectivity index is 2.01. The largest absolute Gasteiger partial charge is 0.486 e. The summed E-state index contributed by atoms with van der Waals surface area (Å²) in [5, 5.41) is 0. The van der Waals surface area contributed by atoms with Crippen molar-refractivity contribution in [1.82, 2.24) is 4.90 Å². The lowest BCUT2D eigenvalue weighted by atomic mass is 9.92. The van der Waals surface area contributed by atoms with Gasteiger partial charge in [-0.25, -0.2) is 0 Å². The van der Waals surface area contributed by atoms with Gasteiger partial charge in [0.05, 0.1) is 6.04 Å². The number of hydrogen-bond donors (Lipinski definition) is 0. The molecule has 4 heteroatoms. The maximum atomic E-state index is 11.6. The van der Waals surface area contributed by atoms with E-state index in [1.807, 2.05) is 11.0 Å². The van der Waals surface area contributed by atoms with E-state index < -0.39 is 0 Å². The highest BCUT2D eigenvalue weighted by atomic mass is 16.6. The van der Waals surface area contributed by atoms with Gasteiger partial charge in [-0.2, -0.15) is 0 Å². The number of fused-ring (bicyclic) bond motifs is 2. The predicted molar refractivity (Wildman–Crippen MR) is 66.9 cm³/mol. The van der Waals surface area contributed by atoms with Crippen LogP contribution in [0.25, 0.3) is 0 Å². The van der Waals surface area contributed by atoms with Crippen molar-refractivity contribution in [2.45, 2.75) is 26.3 Å². The molecule has 1 unspecified atom stereocenters. The van der Waals surface area contributed by atoms with Gasteiger partial charge in [0, 0.05) is 13.5 Å². The molecule has 18 heavy (non-hydrogen) atoms. The summed E-state index contributed by atoms with van der Waals surface area (Å²) < 4.78 is 11.2. The maximum Gasteiger partial charge on any atom is 0.219 e. The molecule has 1 aromatic carbocycles. The average molecular weight is 247 g/mol. The number of carbonyl (C=O) groups excluding carboxylic acids is 1. The highest BCUT2D eigenvalue weighted by Crippen LogP contribution is 2.39. The Morgan fingerprint density at radius 3 is 2.61 bits per heavy atom. The number of nitrogens with zero attached hydrogens (tertiary/aromatic N) is 1. The van der Waals surface area contributed by atoms with Gasteiger partial charge in [0.1, 0.15) is 13.2 Å². The summed E-state index contributed by atoms with van der Waals surface area (Å²) >= 11 is 0. The third-order valence-corrected chi connectivity index (χ3v) is 3.75. The molecule has 0 N–H and O–H groups in total. The maximum absolute atomic E-state index is 11.6. The SMILES string of the molecule is CC(=O)N1CCc2cc3c(cc2C1C)OCCO3. The van der Waals surface area contributed by atoms with Gasteiger partial charge in [-0.15, -0.1) is 0 Å². The van der Waals surface area contributed by atoms with Gasteiger partial charge in [0.2, 0.25) is 5.91 Å². The van der Waals surface area contributed by atoms with Crippen molar-refractivity contribution in [2.24, 2.45) is 0 Å². The van der Waals surface area contributed by atoms with Gasteiger partial charge in [-0.3, -0.25) is 4.79 Å². The summed E-state index contributed by atoms with van der Waals surface area (Å²) in [6, 6.07) is 4.21. The molecule has 0 aromatic heterocycles. The van der Waals surface area contributed by atoms with Crippen molar-refractivity contribution in [3.8, 4) is 11.5 Å². The summed E-state index contributed by atoms with van der Waals surface area (Å²) in [5.41, 5.74) is 2.45. The minimum Gasteiger partial charge on any atom is -0.486 e. The average Bonchev–Trinajstić information content (AvgIpc) is 2.37. The Labute approximate surface area is 106 Å². The zero-order valence-electron chi connectivity index (χ0n) is 10.7. The molecule has 3 rings (SSSR count). The molecule has 0 saturated heterocycles. The molecule has 2 aliphatic rings. The Morgan fingerprint density at radius 1 is 1.28 bits per heavy atom. The summed E-state index contributed by atoms with van der Waals surface area (Å²) in [5.74, 6) is 1.77. The highest BCUT2D eigenvalue weighted by Gasteiger charge is 2.28. The second-order valence-corrected chi connectivity index (χ2v) is 4.83. The molecule has 0 fully saturated rings. The summed E-state index contributed by atoms with van der Waals surface area (Å²) in [6.07, 6.45) is 0.885. The molecule has 0 spiro atoms. The van der Waals surface area contributed by atoms with Crippen molar-refractivity contribution in [3.05, 3.63) is 23.3 Å². The third kappa shape index (κ3) is 1.72. The van der Waals surface area contributed by atoms with Crippen molar-refractivity contribution in [1.29, 1.82) is 0 Å². The number of ether oxygens (including phenoxy) is 2. The first kappa shape index (κ1) is 11.4. The molecule has 0 aliphatic carbocycles. The van der Waals surface area contributed by atoms with E-state index >= 15 is 0 Å². The molecule has 2 heterocycles. The van der Waals surface area contributed by atoms with Gasteiger partial charge in [-0.1, -0.05) is 0 Å². The van der Waals surface area contributed by atoms with Gasteiger partial charge >= 0.3 is 0 Å². The van der Waals surface area contributed by atoms with E-state index in [2.05, 4.69) is 13.0 Å². The molecule has 0 bridgehead atoms. The summed E-state index contributed by atoms with van der Waals surface area (Å²) in [7, 11) is 0. The van der Waals surface area contributed by atoms with Gasteiger partial charge in [0.15, 0.2) is 11.5 Å². The molecule has 0 radical (unpaired) electrons. The smallest absolute Gasteiger partial charge is 0.219 e. The Morgan fingerprint density at radius 2 is 1.94 bits per heavy atom. The van der Waals surface area contributed by atoms with Crippen LogP contribution in [0, 0.1) is 0 Å².